The Kier molecular flexibility index (Phi) is 4.32. The molecule has 0 N–H and O–H groups in total. The highest BCUT2D eigenvalue weighted by atomic mass is 16.3. The van der Waals surface area contributed by atoms with Crippen LogP contribution in [0.25, 0.3) is 16.7 Å². The zero-order chi connectivity index (χ0) is 17.1. The summed E-state index contributed by atoms with van der Waals surface area (Å²) in [7, 11) is 0. The number of allylic oxidation sites excluding steroid dienone is 1. The Morgan fingerprint density at radius 3 is 2.48 bits per heavy atom. The van der Waals surface area contributed by atoms with Crippen molar-refractivity contribution in [1.82, 2.24) is 9.88 Å². The van der Waals surface area contributed by atoms with E-state index < -0.39 is 0 Å². The summed E-state index contributed by atoms with van der Waals surface area (Å²) in [6.07, 6.45) is 1.77. The molecule has 4 heteroatoms. The average molecular weight is 329 g/mol. The minimum absolute atomic E-state index is 0.454. The Balaban J connectivity index is 1.51. The fourth-order valence-corrected chi connectivity index (χ4v) is 3.33. The summed E-state index contributed by atoms with van der Waals surface area (Å²) in [5, 5.41) is 9.64. The number of likely N-dealkylation sites (tertiary alicyclic amines) is 1. The first-order valence-corrected chi connectivity index (χ1v) is 8.58. The number of nitrogens with zero attached hydrogens (tertiary/aromatic N) is 3. The van der Waals surface area contributed by atoms with Crippen molar-refractivity contribution in [2.45, 2.75) is 19.4 Å². The van der Waals surface area contributed by atoms with Crippen LogP contribution in [0.4, 0.5) is 0 Å². The molecule has 3 aromatic rings. The van der Waals surface area contributed by atoms with E-state index in [0.717, 1.165) is 49.1 Å². The lowest BCUT2D eigenvalue weighted by atomic mass is 9.98. The predicted molar refractivity (Wildman–Crippen MR) is 97.5 cm³/mol. The van der Waals surface area contributed by atoms with Crippen molar-refractivity contribution in [2.24, 2.45) is 0 Å². The van der Waals surface area contributed by atoms with Gasteiger partial charge in [0.25, 0.3) is 0 Å². The topological polar surface area (TPSA) is 53.1 Å². The first-order valence-electron chi connectivity index (χ1n) is 8.58. The summed E-state index contributed by atoms with van der Waals surface area (Å²) in [4.78, 5) is 6.92. The van der Waals surface area contributed by atoms with Crippen LogP contribution in [-0.2, 0) is 6.54 Å². The van der Waals surface area contributed by atoms with Crippen LogP contribution in [0.15, 0.2) is 64.6 Å². The highest BCUT2D eigenvalue weighted by molar-refractivity contribution is 5.80. The second kappa shape index (κ2) is 6.92. The molecule has 4 nitrogen and oxygen atoms in total. The lowest BCUT2D eigenvalue weighted by Gasteiger charge is -2.28. The zero-order valence-electron chi connectivity index (χ0n) is 14.0. The third-order valence-corrected chi connectivity index (χ3v) is 4.68. The SMILES string of the molecule is N#CC(=C1CCN(Cc2ccccc2)CC1)c1nc2ccccc2o1. The van der Waals surface area contributed by atoms with Crippen LogP contribution in [0.3, 0.4) is 0 Å². The standard InChI is InChI=1S/C21H19N3O/c22-14-18(21-23-19-8-4-5-9-20(19)25-21)17-10-12-24(13-11-17)15-16-6-2-1-3-7-16/h1-9H,10-13,15H2. The molecule has 0 radical (unpaired) electrons. The largest absolute Gasteiger partial charge is 0.435 e. The number of benzene rings is 2. The summed E-state index contributed by atoms with van der Waals surface area (Å²) < 4.78 is 5.79. The van der Waals surface area contributed by atoms with E-state index in [2.05, 4.69) is 40.2 Å². The van der Waals surface area contributed by atoms with Gasteiger partial charge in [-0.25, -0.2) is 4.98 Å². The maximum atomic E-state index is 9.64. The second-order valence-electron chi connectivity index (χ2n) is 6.34. The van der Waals surface area contributed by atoms with Gasteiger partial charge in [0, 0.05) is 19.6 Å². The van der Waals surface area contributed by atoms with Gasteiger partial charge in [-0.1, -0.05) is 42.5 Å². The van der Waals surface area contributed by atoms with E-state index in [4.69, 9.17) is 4.42 Å². The van der Waals surface area contributed by atoms with E-state index in [1.54, 1.807) is 0 Å². The van der Waals surface area contributed by atoms with Crippen LogP contribution in [0.5, 0.6) is 0 Å². The average Bonchev–Trinajstić information content (AvgIpc) is 3.08. The third-order valence-electron chi connectivity index (χ3n) is 4.68. The molecule has 0 saturated carbocycles. The molecule has 2 heterocycles. The molecule has 0 amide bonds. The van der Waals surface area contributed by atoms with E-state index in [0.29, 0.717) is 11.5 Å². The molecule has 1 saturated heterocycles. The van der Waals surface area contributed by atoms with Crippen molar-refractivity contribution in [3.8, 4) is 6.07 Å². The fraction of sp³-hybridized carbons (Fsp3) is 0.238. The molecule has 25 heavy (non-hydrogen) atoms. The highest BCUT2D eigenvalue weighted by Gasteiger charge is 2.21. The number of rotatable bonds is 3. The molecule has 0 atom stereocenters. The van der Waals surface area contributed by atoms with Crippen molar-refractivity contribution in [3.05, 3.63) is 71.6 Å². The zero-order valence-corrected chi connectivity index (χ0v) is 14.0. The van der Waals surface area contributed by atoms with Crippen LogP contribution in [0.2, 0.25) is 0 Å². The van der Waals surface area contributed by atoms with E-state index >= 15 is 0 Å². The number of nitriles is 1. The summed E-state index contributed by atoms with van der Waals surface area (Å²) in [5.41, 5.74) is 4.61. The molecule has 0 unspecified atom stereocenters. The fourth-order valence-electron chi connectivity index (χ4n) is 3.33. The Labute approximate surface area is 147 Å². The van der Waals surface area contributed by atoms with Crippen LogP contribution in [0, 0.1) is 11.3 Å². The summed E-state index contributed by atoms with van der Waals surface area (Å²) in [5.74, 6) is 0.454. The molecule has 0 bridgehead atoms. The van der Waals surface area contributed by atoms with Gasteiger partial charge in [0.15, 0.2) is 5.58 Å². The molecule has 1 aliphatic heterocycles. The van der Waals surface area contributed by atoms with Crippen LogP contribution >= 0.6 is 0 Å². The molecule has 124 valence electrons. The van der Waals surface area contributed by atoms with Crippen molar-refractivity contribution in [1.29, 1.82) is 5.26 Å². The van der Waals surface area contributed by atoms with Gasteiger partial charge in [0.2, 0.25) is 5.89 Å². The Morgan fingerprint density at radius 1 is 1.04 bits per heavy atom. The summed E-state index contributed by atoms with van der Waals surface area (Å²) in [6.45, 7) is 2.87. The van der Waals surface area contributed by atoms with E-state index in [9.17, 15) is 5.26 Å². The van der Waals surface area contributed by atoms with E-state index in [-0.39, 0.29) is 0 Å². The minimum atomic E-state index is 0.454. The lowest BCUT2D eigenvalue weighted by molar-refractivity contribution is 0.248. The van der Waals surface area contributed by atoms with Gasteiger partial charge in [-0.3, -0.25) is 4.90 Å². The van der Waals surface area contributed by atoms with Gasteiger partial charge < -0.3 is 4.42 Å². The van der Waals surface area contributed by atoms with Gasteiger partial charge in [-0.05, 0) is 36.1 Å². The Bertz CT molecular complexity index is 907. The molecule has 4 rings (SSSR count). The van der Waals surface area contributed by atoms with Crippen molar-refractivity contribution >= 4 is 16.7 Å². The van der Waals surface area contributed by atoms with Crippen LogP contribution in [0.1, 0.15) is 24.3 Å². The van der Waals surface area contributed by atoms with Gasteiger partial charge >= 0.3 is 0 Å². The molecule has 2 aromatic carbocycles. The first kappa shape index (κ1) is 15.6. The smallest absolute Gasteiger partial charge is 0.238 e. The van der Waals surface area contributed by atoms with Crippen LogP contribution in [-0.4, -0.2) is 23.0 Å². The molecular formula is C21H19N3O. The molecule has 0 spiro atoms. The normalized spacial score (nSPS) is 15.2. The second-order valence-corrected chi connectivity index (χ2v) is 6.34. The van der Waals surface area contributed by atoms with Gasteiger partial charge in [0.05, 0.1) is 0 Å². The van der Waals surface area contributed by atoms with Crippen molar-refractivity contribution < 1.29 is 4.42 Å². The Morgan fingerprint density at radius 2 is 1.76 bits per heavy atom. The maximum absolute atomic E-state index is 9.64. The van der Waals surface area contributed by atoms with Crippen molar-refractivity contribution in [3.63, 3.8) is 0 Å². The maximum Gasteiger partial charge on any atom is 0.238 e. The van der Waals surface area contributed by atoms with E-state index in [1.165, 1.54) is 5.56 Å². The predicted octanol–water partition coefficient (Wildman–Crippen LogP) is 4.40. The van der Waals surface area contributed by atoms with Crippen LogP contribution < -0.4 is 0 Å². The molecular weight excluding hydrogens is 310 g/mol. The van der Waals surface area contributed by atoms with Crippen molar-refractivity contribution in [2.75, 3.05) is 13.1 Å². The number of hydrogen-bond acceptors (Lipinski definition) is 4. The molecule has 1 aliphatic rings. The van der Waals surface area contributed by atoms with E-state index in [1.807, 2.05) is 30.3 Å². The number of hydrogen-bond donors (Lipinski definition) is 0. The number of oxazole rings is 1. The number of aromatic nitrogens is 1. The number of piperidine rings is 1. The molecule has 1 aromatic heterocycles. The number of para-hydroxylation sites is 2. The number of fused-ring (bicyclic) bond motifs is 1. The molecule has 0 aliphatic carbocycles. The summed E-state index contributed by atoms with van der Waals surface area (Å²) in [6, 6.07) is 20.5. The first-order chi connectivity index (χ1) is 12.3. The minimum Gasteiger partial charge on any atom is -0.435 e. The third kappa shape index (κ3) is 3.33. The monoisotopic (exact) mass is 329 g/mol. The lowest BCUT2D eigenvalue weighted by Crippen LogP contribution is -2.30. The molecule has 1 fully saturated rings. The summed E-state index contributed by atoms with van der Waals surface area (Å²) >= 11 is 0. The quantitative estimate of drug-likeness (QED) is 0.668. The Hall–Kier alpha value is -2.90. The van der Waals surface area contributed by atoms with Gasteiger partial charge in [-0.2, -0.15) is 5.26 Å². The van der Waals surface area contributed by atoms with Gasteiger partial charge in [0.1, 0.15) is 17.2 Å². The highest BCUT2D eigenvalue weighted by Crippen LogP contribution is 2.28. The van der Waals surface area contributed by atoms with Gasteiger partial charge in [-0.15, -0.1) is 0 Å².